The van der Waals surface area contributed by atoms with E-state index in [9.17, 15) is 4.79 Å². The summed E-state index contributed by atoms with van der Waals surface area (Å²) in [5.41, 5.74) is -0.988. The van der Waals surface area contributed by atoms with E-state index >= 15 is 0 Å². The van der Waals surface area contributed by atoms with Crippen LogP contribution < -0.4 is 5.32 Å². The average molecular weight is 247 g/mol. The Hall–Kier alpha value is -0.560. The highest BCUT2D eigenvalue weighted by atomic mass is 32.1. The van der Waals surface area contributed by atoms with Crippen molar-refractivity contribution in [2.24, 2.45) is 0 Å². The van der Waals surface area contributed by atoms with E-state index < -0.39 is 5.54 Å². The third-order valence-corrected chi connectivity index (χ3v) is 3.28. The number of hydrogen-bond donors (Lipinski definition) is 4. The second-order valence-electron chi connectivity index (χ2n) is 3.50. The van der Waals surface area contributed by atoms with Gasteiger partial charge in [0.25, 0.3) is 5.91 Å². The predicted molar refractivity (Wildman–Crippen MR) is 61.6 cm³/mol. The molecule has 4 nitrogen and oxygen atoms in total. The minimum absolute atomic E-state index is 0.311. The molecule has 1 rings (SSSR count). The zero-order chi connectivity index (χ0) is 11.5. The second kappa shape index (κ2) is 4.98. The van der Waals surface area contributed by atoms with Crippen LogP contribution in [0.1, 0.15) is 16.6 Å². The molecule has 1 aromatic heterocycles. The Kier molecular flexibility index (Phi) is 4.15. The number of thiophene rings is 1. The summed E-state index contributed by atoms with van der Waals surface area (Å²) < 4.78 is 0. The van der Waals surface area contributed by atoms with Crippen molar-refractivity contribution in [1.29, 1.82) is 0 Å². The fourth-order valence-electron chi connectivity index (χ4n) is 0.910. The number of thiol groups is 1. The van der Waals surface area contributed by atoms with Gasteiger partial charge in [-0.25, -0.2) is 0 Å². The Balaban J connectivity index is 2.71. The molecule has 1 amide bonds. The second-order valence-corrected chi connectivity index (χ2v) is 4.93. The van der Waals surface area contributed by atoms with Gasteiger partial charge >= 0.3 is 0 Å². The van der Waals surface area contributed by atoms with E-state index in [2.05, 4.69) is 17.9 Å². The van der Waals surface area contributed by atoms with E-state index in [0.717, 1.165) is 4.90 Å². The number of carbonyl (C=O) groups excluding carboxylic acids is 1. The van der Waals surface area contributed by atoms with Crippen molar-refractivity contribution in [3.05, 3.63) is 16.3 Å². The van der Waals surface area contributed by atoms with E-state index in [1.165, 1.54) is 11.3 Å². The summed E-state index contributed by atoms with van der Waals surface area (Å²) in [6, 6.07) is 1.64. The molecule has 0 spiro atoms. The van der Waals surface area contributed by atoms with E-state index in [1.807, 2.05) is 0 Å². The van der Waals surface area contributed by atoms with Crippen LogP contribution in [0.3, 0.4) is 0 Å². The van der Waals surface area contributed by atoms with Crippen LogP contribution in [0.5, 0.6) is 0 Å². The van der Waals surface area contributed by atoms with Gasteiger partial charge in [0.05, 0.1) is 23.6 Å². The number of rotatable bonds is 4. The molecule has 3 N–H and O–H groups in total. The SMILES string of the molecule is CC(CO)(CO)NC(=O)c1cc(S)cs1. The van der Waals surface area contributed by atoms with Crippen LogP contribution in [-0.4, -0.2) is 34.9 Å². The molecule has 1 heterocycles. The van der Waals surface area contributed by atoms with Gasteiger partial charge in [0.1, 0.15) is 0 Å². The maximum atomic E-state index is 11.6. The Morgan fingerprint density at radius 1 is 1.60 bits per heavy atom. The third-order valence-electron chi connectivity index (χ3n) is 1.92. The molecule has 0 atom stereocenters. The summed E-state index contributed by atoms with van der Waals surface area (Å²) in [5.74, 6) is -0.314. The average Bonchev–Trinajstić information content (AvgIpc) is 2.65. The van der Waals surface area contributed by atoms with Gasteiger partial charge in [0.15, 0.2) is 0 Å². The first-order valence-electron chi connectivity index (χ1n) is 4.32. The smallest absolute Gasteiger partial charge is 0.261 e. The molecule has 0 aliphatic carbocycles. The van der Waals surface area contributed by atoms with Crippen molar-refractivity contribution in [1.82, 2.24) is 5.32 Å². The Bertz CT molecular complexity index is 347. The monoisotopic (exact) mass is 247 g/mol. The number of nitrogens with one attached hydrogen (secondary N) is 1. The lowest BCUT2D eigenvalue weighted by Crippen LogP contribution is -2.51. The maximum Gasteiger partial charge on any atom is 0.261 e. The summed E-state index contributed by atoms with van der Waals surface area (Å²) in [6.45, 7) is 0.947. The first-order valence-corrected chi connectivity index (χ1v) is 5.65. The largest absolute Gasteiger partial charge is 0.394 e. The summed E-state index contributed by atoms with van der Waals surface area (Å²) in [7, 11) is 0. The van der Waals surface area contributed by atoms with Gasteiger partial charge in [-0.15, -0.1) is 24.0 Å². The van der Waals surface area contributed by atoms with Crippen LogP contribution in [0.25, 0.3) is 0 Å². The minimum Gasteiger partial charge on any atom is -0.394 e. The summed E-state index contributed by atoms with van der Waals surface area (Å²) in [5, 5.41) is 22.3. The van der Waals surface area contributed by atoms with Crippen molar-refractivity contribution in [3.8, 4) is 0 Å². The molecule has 0 aromatic carbocycles. The number of amides is 1. The lowest BCUT2D eigenvalue weighted by Gasteiger charge is -2.25. The van der Waals surface area contributed by atoms with Gasteiger partial charge in [0.2, 0.25) is 0 Å². The molecule has 0 saturated carbocycles. The van der Waals surface area contributed by atoms with Crippen LogP contribution in [0.2, 0.25) is 0 Å². The Morgan fingerprint density at radius 3 is 2.60 bits per heavy atom. The normalized spacial score (nSPS) is 11.5. The fourth-order valence-corrected chi connectivity index (χ4v) is 1.95. The number of hydrogen-bond acceptors (Lipinski definition) is 5. The van der Waals surface area contributed by atoms with Gasteiger partial charge < -0.3 is 15.5 Å². The van der Waals surface area contributed by atoms with Gasteiger partial charge in [-0.1, -0.05) is 0 Å². The maximum absolute atomic E-state index is 11.6. The topological polar surface area (TPSA) is 69.6 Å². The van der Waals surface area contributed by atoms with Gasteiger partial charge in [0, 0.05) is 10.3 Å². The number of aliphatic hydroxyl groups excluding tert-OH is 2. The lowest BCUT2D eigenvalue weighted by atomic mass is 10.1. The molecule has 0 aliphatic heterocycles. The van der Waals surface area contributed by atoms with E-state index in [0.29, 0.717) is 4.88 Å². The zero-order valence-corrected chi connectivity index (χ0v) is 9.94. The first kappa shape index (κ1) is 12.5. The Labute approximate surface area is 97.4 Å². The molecule has 0 aliphatic rings. The molecular formula is C9H13NO3S2. The van der Waals surface area contributed by atoms with Crippen LogP contribution >= 0.6 is 24.0 Å². The standard InChI is InChI=1S/C9H13NO3S2/c1-9(4-11,5-12)10-8(13)7-2-6(14)3-15-7/h2-3,11-12,14H,4-5H2,1H3,(H,10,13). The highest BCUT2D eigenvalue weighted by molar-refractivity contribution is 7.80. The molecule has 0 saturated heterocycles. The highest BCUT2D eigenvalue weighted by Gasteiger charge is 2.25. The molecule has 6 heteroatoms. The van der Waals surface area contributed by atoms with Crippen molar-refractivity contribution >= 4 is 29.9 Å². The molecule has 1 aromatic rings. The predicted octanol–water partition coefficient (Wildman–Crippen LogP) is 0.510. The van der Waals surface area contributed by atoms with Crippen molar-refractivity contribution in [2.45, 2.75) is 17.4 Å². The molecule has 84 valence electrons. The van der Waals surface area contributed by atoms with Gasteiger partial charge in [-0.2, -0.15) is 0 Å². The summed E-state index contributed by atoms with van der Waals surface area (Å²) >= 11 is 5.36. The number of carbonyl (C=O) groups is 1. The van der Waals surface area contributed by atoms with E-state index in [-0.39, 0.29) is 19.1 Å². The first-order chi connectivity index (χ1) is 7.00. The van der Waals surface area contributed by atoms with Crippen molar-refractivity contribution < 1.29 is 15.0 Å². The third kappa shape index (κ3) is 3.20. The lowest BCUT2D eigenvalue weighted by molar-refractivity contribution is 0.0727. The van der Waals surface area contributed by atoms with Crippen LogP contribution in [0.4, 0.5) is 0 Å². The molecular weight excluding hydrogens is 234 g/mol. The van der Waals surface area contributed by atoms with E-state index in [4.69, 9.17) is 10.2 Å². The molecule has 0 unspecified atom stereocenters. The number of aliphatic hydroxyl groups is 2. The van der Waals surface area contributed by atoms with Crippen molar-refractivity contribution in [2.75, 3.05) is 13.2 Å². The van der Waals surface area contributed by atoms with Crippen LogP contribution in [-0.2, 0) is 0 Å². The van der Waals surface area contributed by atoms with Gasteiger partial charge in [-0.3, -0.25) is 4.79 Å². The van der Waals surface area contributed by atoms with Crippen LogP contribution in [0.15, 0.2) is 16.3 Å². The van der Waals surface area contributed by atoms with Gasteiger partial charge in [-0.05, 0) is 13.0 Å². The quantitative estimate of drug-likeness (QED) is 0.586. The van der Waals surface area contributed by atoms with Crippen LogP contribution in [0, 0.1) is 0 Å². The summed E-state index contributed by atoms with van der Waals surface area (Å²) in [6.07, 6.45) is 0. The molecule has 0 bridgehead atoms. The molecule has 15 heavy (non-hydrogen) atoms. The minimum atomic E-state index is -0.988. The fraction of sp³-hybridized carbons (Fsp3) is 0.444. The molecule has 0 fully saturated rings. The van der Waals surface area contributed by atoms with Crippen molar-refractivity contribution in [3.63, 3.8) is 0 Å². The van der Waals surface area contributed by atoms with E-state index in [1.54, 1.807) is 18.4 Å². The molecule has 0 radical (unpaired) electrons. The Morgan fingerprint density at radius 2 is 2.20 bits per heavy atom. The zero-order valence-electron chi connectivity index (χ0n) is 8.23. The highest BCUT2D eigenvalue weighted by Crippen LogP contribution is 2.18. The summed E-state index contributed by atoms with van der Waals surface area (Å²) in [4.78, 5) is 12.9.